The number of thioether (sulfide) groups is 1. The van der Waals surface area contributed by atoms with E-state index in [1.165, 1.54) is 0 Å². The molecule has 0 saturated carbocycles. The molecule has 2 nitrogen and oxygen atoms in total. The van der Waals surface area contributed by atoms with Crippen LogP contribution in [-0.4, -0.2) is 16.8 Å². The molecule has 0 aromatic carbocycles. The fourth-order valence-electron chi connectivity index (χ4n) is 1.02. The Morgan fingerprint density at radius 3 is 3.55 bits per heavy atom. The molecule has 0 N–H and O–H groups in total. The van der Waals surface area contributed by atoms with Gasteiger partial charge in [0, 0.05) is 11.9 Å². The van der Waals surface area contributed by atoms with Crippen LogP contribution in [0.3, 0.4) is 0 Å². The quantitative estimate of drug-likeness (QED) is 0.589. The van der Waals surface area contributed by atoms with Gasteiger partial charge in [0.25, 0.3) is 0 Å². The summed E-state index contributed by atoms with van der Waals surface area (Å²) in [6.45, 7) is 2.07. The first-order chi connectivity index (χ1) is 5.36. The highest BCUT2D eigenvalue weighted by molar-refractivity contribution is 7.99. The molecule has 0 amide bonds. The third-order valence-electron chi connectivity index (χ3n) is 1.52. The Kier molecular flexibility index (Phi) is 1.74. The van der Waals surface area contributed by atoms with E-state index >= 15 is 0 Å². The van der Waals surface area contributed by atoms with Crippen molar-refractivity contribution in [2.24, 2.45) is 0 Å². The molecule has 2 heterocycles. The van der Waals surface area contributed by atoms with Gasteiger partial charge in [-0.25, -0.2) is 4.98 Å². The molecule has 1 aliphatic heterocycles. The van der Waals surface area contributed by atoms with Crippen molar-refractivity contribution in [3.8, 4) is 5.75 Å². The van der Waals surface area contributed by atoms with Gasteiger partial charge in [-0.2, -0.15) is 0 Å². The largest absolute Gasteiger partial charge is 0.487 e. The Hall–Kier alpha value is -0.700. The molecule has 0 saturated heterocycles. The minimum Gasteiger partial charge on any atom is -0.487 e. The van der Waals surface area contributed by atoms with E-state index in [0.717, 1.165) is 16.5 Å². The summed E-state index contributed by atoms with van der Waals surface area (Å²) < 4.78 is 5.55. The Morgan fingerprint density at radius 2 is 2.64 bits per heavy atom. The summed E-state index contributed by atoms with van der Waals surface area (Å²) in [7, 11) is 0. The summed E-state index contributed by atoms with van der Waals surface area (Å²) in [6.07, 6.45) is 2.11. The zero-order valence-corrected chi connectivity index (χ0v) is 7.10. The van der Waals surface area contributed by atoms with Crippen LogP contribution in [-0.2, 0) is 0 Å². The SMILES string of the molecule is CC1CSc2ncccc2O1. The third kappa shape index (κ3) is 1.33. The molecule has 0 bridgehead atoms. The van der Waals surface area contributed by atoms with Crippen LogP contribution < -0.4 is 4.74 Å². The van der Waals surface area contributed by atoms with Gasteiger partial charge in [0.2, 0.25) is 0 Å². The van der Waals surface area contributed by atoms with Gasteiger partial charge in [-0.15, -0.1) is 0 Å². The van der Waals surface area contributed by atoms with Crippen molar-refractivity contribution < 1.29 is 4.74 Å². The maximum atomic E-state index is 5.55. The van der Waals surface area contributed by atoms with Crippen LogP contribution in [0.2, 0.25) is 0 Å². The standard InChI is InChI=1S/C8H9NOS/c1-6-5-11-8-7(10-6)3-2-4-9-8/h2-4,6H,5H2,1H3. The van der Waals surface area contributed by atoms with Gasteiger partial charge < -0.3 is 4.74 Å². The van der Waals surface area contributed by atoms with Gasteiger partial charge in [0.05, 0.1) is 0 Å². The summed E-state index contributed by atoms with van der Waals surface area (Å²) >= 11 is 1.76. The van der Waals surface area contributed by atoms with Crippen LogP contribution in [0.25, 0.3) is 0 Å². The zero-order valence-electron chi connectivity index (χ0n) is 6.28. The Labute approximate surface area is 70.0 Å². The maximum Gasteiger partial charge on any atom is 0.151 e. The predicted molar refractivity (Wildman–Crippen MR) is 45.1 cm³/mol. The molecule has 0 spiro atoms. The van der Waals surface area contributed by atoms with Crippen LogP contribution in [0, 0.1) is 0 Å². The van der Waals surface area contributed by atoms with Gasteiger partial charge in [-0.05, 0) is 19.1 Å². The Morgan fingerprint density at radius 1 is 1.73 bits per heavy atom. The minimum absolute atomic E-state index is 0.316. The number of hydrogen-bond donors (Lipinski definition) is 0. The minimum atomic E-state index is 0.316. The van der Waals surface area contributed by atoms with E-state index in [1.807, 2.05) is 12.1 Å². The van der Waals surface area contributed by atoms with Crippen molar-refractivity contribution in [1.82, 2.24) is 4.98 Å². The summed E-state index contributed by atoms with van der Waals surface area (Å²) in [6, 6.07) is 3.86. The number of hydrogen-bond acceptors (Lipinski definition) is 3. The van der Waals surface area contributed by atoms with E-state index in [9.17, 15) is 0 Å². The topological polar surface area (TPSA) is 22.1 Å². The van der Waals surface area contributed by atoms with E-state index in [4.69, 9.17) is 4.74 Å². The highest BCUT2D eigenvalue weighted by Gasteiger charge is 2.16. The zero-order chi connectivity index (χ0) is 7.68. The molecular weight excluding hydrogens is 158 g/mol. The lowest BCUT2D eigenvalue weighted by molar-refractivity contribution is 0.233. The molecule has 58 valence electrons. The number of fused-ring (bicyclic) bond motifs is 1. The molecule has 11 heavy (non-hydrogen) atoms. The summed E-state index contributed by atoms with van der Waals surface area (Å²) in [5.74, 6) is 1.93. The lowest BCUT2D eigenvalue weighted by Crippen LogP contribution is -2.19. The number of ether oxygens (including phenoxy) is 1. The molecule has 1 aromatic heterocycles. The second-order valence-electron chi connectivity index (χ2n) is 2.55. The lowest BCUT2D eigenvalue weighted by Gasteiger charge is -2.20. The lowest BCUT2D eigenvalue weighted by atomic mass is 10.4. The first-order valence-electron chi connectivity index (χ1n) is 3.61. The van der Waals surface area contributed by atoms with Gasteiger partial charge in [-0.3, -0.25) is 0 Å². The van der Waals surface area contributed by atoms with E-state index in [1.54, 1.807) is 18.0 Å². The molecule has 3 heteroatoms. The molecule has 0 fully saturated rings. The average Bonchev–Trinajstić information content (AvgIpc) is 2.04. The van der Waals surface area contributed by atoms with Gasteiger partial charge in [0.15, 0.2) is 5.75 Å². The second kappa shape index (κ2) is 2.74. The van der Waals surface area contributed by atoms with Crippen molar-refractivity contribution in [3.05, 3.63) is 18.3 Å². The maximum absolute atomic E-state index is 5.55. The third-order valence-corrected chi connectivity index (χ3v) is 2.74. The molecule has 1 unspecified atom stereocenters. The van der Waals surface area contributed by atoms with E-state index in [2.05, 4.69) is 11.9 Å². The van der Waals surface area contributed by atoms with Crippen LogP contribution in [0.15, 0.2) is 23.4 Å². The van der Waals surface area contributed by atoms with Crippen LogP contribution in [0.5, 0.6) is 5.75 Å². The van der Waals surface area contributed by atoms with E-state index in [-0.39, 0.29) is 0 Å². The predicted octanol–water partition coefficient (Wildman–Crippen LogP) is 1.95. The Balaban J connectivity index is 2.34. The molecule has 1 aliphatic rings. The molecule has 0 aliphatic carbocycles. The fourth-order valence-corrected chi connectivity index (χ4v) is 1.88. The number of aromatic nitrogens is 1. The van der Waals surface area contributed by atoms with Gasteiger partial charge in [-0.1, -0.05) is 11.8 Å². The van der Waals surface area contributed by atoms with Crippen LogP contribution >= 0.6 is 11.8 Å². The van der Waals surface area contributed by atoms with Crippen molar-refractivity contribution >= 4 is 11.8 Å². The number of nitrogens with zero attached hydrogens (tertiary/aromatic N) is 1. The molecule has 0 radical (unpaired) electrons. The van der Waals surface area contributed by atoms with Gasteiger partial charge in [0.1, 0.15) is 11.1 Å². The number of rotatable bonds is 0. The molecular formula is C8H9NOS. The van der Waals surface area contributed by atoms with Crippen molar-refractivity contribution in [2.75, 3.05) is 5.75 Å². The van der Waals surface area contributed by atoms with Crippen LogP contribution in [0.1, 0.15) is 6.92 Å². The second-order valence-corrected chi connectivity index (χ2v) is 3.55. The number of pyridine rings is 1. The van der Waals surface area contributed by atoms with Crippen molar-refractivity contribution in [3.63, 3.8) is 0 Å². The van der Waals surface area contributed by atoms with E-state index in [0.29, 0.717) is 6.10 Å². The van der Waals surface area contributed by atoms with Crippen LogP contribution in [0.4, 0.5) is 0 Å². The highest BCUT2D eigenvalue weighted by atomic mass is 32.2. The molecule has 2 rings (SSSR count). The smallest absolute Gasteiger partial charge is 0.151 e. The van der Waals surface area contributed by atoms with Crippen molar-refractivity contribution in [2.45, 2.75) is 18.1 Å². The molecule has 1 aromatic rings. The average molecular weight is 167 g/mol. The normalized spacial score (nSPS) is 22.1. The first-order valence-corrected chi connectivity index (χ1v) is 4.59. The van der Waals surface area contributed by atoms with E-state index < -0.39 is 0 Å². The highest BCUT2D eigenvalue weighted by Crippen LogP contribution is 2.32. The summed E-state index contributed by atoms with van der Waals surface area (Å²) in [5.41, 5.74) is 0. The first kappa shape index (κ1) is 6.98. The Bertz CT molecular complexity index is 264. The monoisotopic (exact) mass is 167 g/mol. The molecule has 1 atom stereocenters. The summed E-state index contributed by atoms with van der Waals surface area (Å²) in [5, 5.41) is 1.02. The fraction of sp³-hybridized carbons (Fsp3) is 0.375. The van der Waals surface area contributed by atoms with Crippen molar-refractivity contribution in [1.29, 1.82) is 0 Å². The summed E-state index contributed by atoms with van der Waals surface area (Å²) in [4.78, 5) is 4.19. The van der Waals surface area contributed by atoms with Gasteiger partial charge >= 0.3 is 0 Å².